The average molecular weight is 674 g/mol. The van der Waals surface area contributed by atoms with Crippen LogP contribution in [0.2, 0.25) is 0 Å². The van der Waals surface area contributed by atoms with Crippen LogP contribution in [-0.4, -0.2) is 31.4 Å². The Kier molecular flexibility index (Phi) is 11.1. The first-order valence-corrected chi connectivity index (χ1v) is 16.9. The lowest BCUT2D eigenvalue weighted by Gasteiger charge is -2.30. The summed E-state index contributed by atoms with van der Waals surface area (Å²) in [5.41, 5.74) is -0.0437. The molecule has 0 spiro atoms. The minimum absolute atomic E-state index is 0.177. The molecule has 4 aromatic carbocycles. The number of rotatable bonds is 14. The summed E-state index contributed by atoms with van der Waals surface area (Å²) in [6.07, 6.45) is -4.25. The summed E-state index contributed by atoms with van der Waals surface area (Å²) in [5, 5.41) is 5.23. The number of esters is 2. The van der Waals surface area contributed by atoms with E-state index in [9.17, 15) is 36.2 Å². The van der Waals surface area contributed by atoms with Crippen LogP contribution in [0.4, 0.5) is 8.78 Å². The van der Waals surface area contributed by atoms with E-state index in [1.54, 1.807) is 60.7 Å². The second kappa shape index (κ2) is 14.8. The van der Waals surface area contributed by atoms with Crippen LogP contribution >= 0.6 is 7.60 Å². The fourth-order valence-electron chi connectivity index (χ4n) is 4.51. The molecule has 0 saturated heterocycles. The highest BCUT2D eigenvalue weighted by molar-refractivity contribution is 7.89. The Balaban J connectivity index is 1.73. The zero-order valence-corrected chi connectivity index (χ0v) is 25.9. The fraction of sp³-hybridized carbons (Fsp3) is 0.188. The van der Waals surface area contributed by atoms with Crippen LogP contribution in [0.15, 0.2) is 114 Å². The molecule has 46 heavy (non-hydrogen) atoms. The molecule has 0 amide bonds. The predicted molar refractivity (Wildman–Crippen MR) is 163 cm³/mol. The topological polar surface area (TPSA) is 159 Å². The summed E-state index contributed by atoms with van der Waals surface area (Å²) in [6.45, 7) is -0.353. The molecule has 0 radical (unpaired) electrons. The fourth-order valence-corrected chi connectivity index (χ4v) is 5.53. The summed E-state index contributed by atoms with van der Waals surface area (Å²) in [7, 11) is -9.27. The molecule has 0 saturated carbocycles. The monoisotopic (exact) mass is 673 g/mol. The van der Waals surface area contributed by atoms with Crippen LogP contribution in [-0.2, 0) is 59.7 Å². The Morgan fingerprint density at radius 1 is 0.717 bits per heavy atom. The SMILES string of the molecule is NS(=O)(=O)c1ccc(CC(Cc2ccc(OP(=O)(O)C(F)F)cc2)(C(=O)OCc2ccccc2)C(=O)OCc2ccccc2)cc1. The van der Waals surface area contributed by atoms with Crippen molar-refractivity contribution in [3.63, 3.8) is 0 Å². The Hall–Kier alpha value is -4.42. The largest absolute Gasteiger partial charge is 0.460 e. The van der Waals surface area contributed by atoms with Gasteiger partial charge < -0.3 is 18.9 Å². The van der Waals surface area contributed by atoms with Crippen molar-refractivity contribution in [2.24, 2.45) is 10.6 Å². The summed E-state index contributed by atoms with van der Waals surface area (Å²) >= 11 is 0. The minimum Gasteiger partial charge on any atom is -0.460 e. The lowest BCUT2D eigenvalue weighted by molar-refractivity contribution is -0.174. The van der Waals surface area contributed by atoms with E-state index in [0.717, 1.165) is 12.1 Å². The normalized spacial score (nSPS) is 13.1. The number of primary sulfonamides is 1. The van der Waals surface area contributed by atoms with Gasteiger partial charge in [-0.15, -0.1) is 0 Å². The number of ether oxygens (including phenoxy) is 2. The number of halogens is 2. The van der Waals surface area contributed by atoms with Gasteiger partial charge in [0, 0.05) is 0 Å². The molecule has 0 aromatic heterocycles. The van der Waals surface area contributed by atoms with Crippen LogP contribution in [0.5, 0.6) is 5.75 Å². The second-order valence-electron chi connectivity index (χ2n) is 10.3. The zero-order valence-electron chi connectivity index (χ0n) is 24.2. The molecule has 0 aliphatic carbocycles. The number of sulfonamides is 1. The molecule has 4 rings (SSSR count). The van der Waals surface area contributed by atoms with Crippen molar-refractivity contribution in [3.05, 3.63) is 131 Å². The molecule has 0 aliphatic heterocycles. The first-order valence-electron chi connectivity index (χ1n) is 13.7. The van der Waals surface area contributed by atoms with Crippen molar-refractivity contribution in [1.29, 1.82) is 0 Å². The standard InChI is InChI=1S/C32H30F2NO9PS/c33-31(34)45(38,39)44-27-15-11-23(12-16-27)19-32(29(36)42-21-25-7-3-1-4-8-25,30(37)43-22-26-9-5-2-6-10-26)20-24-13-17-28(18-14-24)46(35,40)41/h1-18,31H,19-22H2,(H,38,39)(H2,35,40,41). The van der Waals surface area contributed by atoms with Crippen molar-refractivity contribution in [3.8, 4) is 5.75 Å². The van der Waals surface area contributed by atoms with Crippen molar-refractivity contribution < 1.29 is 50.2 Å². The number of nitrogens with two attached hydrogens (primary N) is 1. The lowest BCUT2D eigenvalue weighted by atomic mass is 9.76. The smallest absolute Gasteiger partial charge is 0.442 e. The minimum atomic E-state index is -5.25. The maximum Gasteiger partial charge on any atom is 0.442 e. The van der Waals surface area contributed by atoms with Crippen molar-refractivity contribution >= 4 is 29.6 Å². The first-order chi connectivity index (χ1) is 21.8. The van der Waals surface area contributed by atoms with Gasteiger partial charge in [0.15, 0.2) is 5.41 Å². The summed E-state index contributed by atoms with van der Waals surface area (Å²) in [5.74, 6) is -2.22. The summed E-state index contributed by atoms with van der Waals surface area (Å²) < 4.78 is 77.0. The van der Waals surface area contributed by atoms with Gasteiger partial charge >= 0.3 is 25.7 Å². The van der Waals surface area contributed by atoms with E-state index in [1.807, 2.05) is 0 Å². The van der Waals surface area contributed by atoms with Gasteiger partial charge in [0.1, 0.15) is 19.0 Å². The number of alkyl halides is 2. The van der Waals surface area contributed by atoms with Crippen molar-refractivity contribution in [1.82, 2.24) is 0 Å². The third-order valence-corrected chi connectivity index (χ3v) is 8.77. The summed E-state index contributed by atoms with van der Waals surface area (Å²) in [4.78, 5) is 37.3. The van der Waals surface area contributed by atoms with Crippen LogP contribution in [0, 0.1) is 5.41 Å². The third kappa shape index (κ3) is 9.07. The van der Waals surface area contributed by atoms with E-state index < -0.39 is 41.1 Å². The van der Waals surface area contributed by atoms with Gasteiger partial charge in [-0.05, 0) is 59.4 Å². The molecule has 14 heteroatoms. The van der Waals surface area contributed by atoms with Gasteiger partial charge in [0.05, 0.1) is 4.90 Å². The van der Waals surface area contributed by atoms with Crippen LogP contribution < -0.4 is 9.66 Å². The molecule has 1 unspecified atom stereocenters. The van der Waals surface area contributed by atoms with E-state index in [1.165, 1.54) is 36.4 Å². The number of benzene rings is 4. The molecule has 0 aliphatic rings. The van der Waals surface area contributed by atoms with Gasteiger partial charge in [0.2, 0.25) is 10.0 Å². The molecule has 0 fully saturated rings. The van der Waals surface area contributed by atoms with Gasteiger partial charge in [-0.2, -0.15) is 8.78 Å². The highest BCUT2D eigenvalue weighted by atomic mass is 32.2. The maximum atomic E-state index is 14.0. The Bertz CT molecular complexity index is 1730. The molecule has 3 N–H and O–H groups in total. The maximum absolute atomic E-state index is 14.0. The van der Waals surface area contributed by atoms with Crippen LogP contribution in [0.1, 0.15) is 22.3 Å². The number of hydrogen-bond acceptors (Lipinski definition) is 8. The predicted octanol–water partition coefficient (Wildman–Crippen LogP) is 5.38. The Morgan fingerprint density at radius 2 is 1.13 bits per heavy atom. The van der Waals surface area contributed by atoms with Crippen LogP contribution in [0.3, 0.4) is 0 Å². The molecule has 4 aromatic rings. The molecule has 0 heterocycles. The zero-order chi connectivity index (χ0) is 33.4. The van der Waals surface area contributed by atoms with E-state index in [0.29, 0.717) is 22.3 Å². The quantitative estimate of drug-likeness (QED) is 0.102. The van der Waals surface area contributed by atoms with Crippen LogP contribution in [0.25, 0.3) is 0 Å². The Morgan fingerprint density at radius 3 is 1.52 bits per heavy atom. The lowest BCUT2D eigenvalue weighted by Crippen LogP contribution is -2.45. The average Bonchev–Trinajstić information content (AvgIpc) is 3.03. The molecule has 0 bridgehead atoms. The molecule has 242 valence electrons. The Labute approximate surface area is 264 Å². The van der Waals surface area contributed by atoms with E-state index >= 15 is 0 Å². The van der Waals surface area contributed by atoms with E-state index in [4.69, 9.17) is 14.6 Å². The van der Waals surface area contributed by atoms with Gasteiger partial charge in [-0.3, -0.25) is 9.59 Å². The van der Waals surface area contributed by atoms with E-state index in [2.05, 4.69) is 4.52 Å². The molecule has 10 nitrogen and oxygen atoms in total. The third-order valence-electron chi connectivity index (χ3n) is 6.88. The first kappa shape index (κ1) is 34.5. The second-order valence-corrected chi connectivity index (χ2v) is 13.6. The van der Waals surface area contributed by atoms with Gasteiger partial charge in [-0.25, -0.2) is 18.1 Å². The molecule has 1 atom stereocenters. The number of carbonyl (C=O) groups is 2. The van der Waals surface area contributed by atoms with E-state index in [-0.39, 0.29) is 36.7 Å². The number of hydrogen-bond donors (Lipinski definition) is 2. The van der Waals surface area contributed by atoms with Crippen molar-refractivity contribution in [2.75, 3.05) is 0 Å². The van der Waals surface area contributed by atoms with Gasteiger partial charge in [-0.1, -0.05) is 84.9 Å². The van der Waals surface area contributed by atoms with Crippen molar-refractivity contribution in [2.45, 2.75) is 37.1 Å². The number of carbonyl (C=O) groups excluding carboxylic acids is 2. The highest BCUT2D eigenvalue weighted by Crippen LogP contribution is 2.49. The molecular formula is C32H30F2NO9PS. The molecular weight excluding hydrogens is 643 g/mol. The van der Waals surface area contributed by atoms with Gasteiger partial charge in [0.25, 0.3) is 0 Å². The highest BCUT2D eigenvalue weighted by Gasteiger charge is 2.49. The summed E-state index contributed by atoms with van der Waals surface area (Å²) in [6, 6.07) is 27.8.